The molecule has 1 saturated carbocycles. The Kier molecular flexibility index (Phi) is 4.42. The standard InChI is InChI=1S/C13H22N4O2/c1-4-19-12-7-10(15-16-12)13(18)14-8-11(17(2)3)9-5-6-9/h7,9,11H,4-6,8H2,1-3H3,(H,14,18)(H,15,16). The van der Waals surface area contributed by atoms with Crippen molar-refractivity contribution < 1.29 is 9.53 Å². The molecule has 2 N–H and O–H groups in total. The second-order valence-electron chi connectivity index (χ2n) is 5.13. The Morgan fingerprint density at radius 1 is 1.63 bits per heavy atom. The predicted molar refractivity (Wildman–Crippen MR) is 72.3 cm³/mol. The van der Waals surface area contributed by atoms with E-state index in [1.807, 2.05) is 6.92 Å². The van der Waals surface area contributed by atoms with Crippen molar-refractivity contribution in [3.63, 3.8) is 0 Å². The van der Waals surface area contributed by atoms with E-state index in [2.05, 4.69) is 34.5 Å². The molecule has 0 radical (unpaired) electrons. The highest BCUT2D eigenvalue weighted by molar-refractivity contribution is 5.92. The van der Waals surface area contributed by atoms with Crippen LogP contribution in [0.25, 0.3) is 0 Å². The third-order valence-corrected chi connectivity index (χ3v) is 3.39. The number of hydrogen-bond acceptors (Lipinski definition) is 4. The van der Waals surface area contributed by atoms with Crippen LogP contribution in [-0.2, 0) is 0 Å². The first-order valence-electron chi connectivity index (χ1n) is 6.74. The summed E-state index contributed by atoms with van der Waals surface area (Å²) in [5, 5.41) is 9.56. The minimum Gasteiger partial charge on any atom is -0.477 e. The van der Waals surface area contributed by atoms with Crippen molar-refractivity contribution in [2.45, 2.75) is 25.8 Å². The summed E-state index contributed by atoms with van der Waals surface area (Å²) in [7, 11) is 4.11. The molecule has 19 heavy (non-hydrogen) atoms. The van der Waals surface area contributed by atoms with Crippen molar-refractivity contribution in [2.24, 2.45) is 5.92 Å². The molecule has 0 aromatic carbocycles. The smallest absolute Gasteiger partial charge is 0.269 e. The van der Waals surface area contributed by atoms with E-state index in [0.29, 0.717) is 30.8 Å². The Balaban J connectivity index is 1.85. The van der Waals surface area contributed by atoms with Crippen LogP contribution in [0.4, 0.5) is 0 Å². The van der Waals surface area contributed by atoms with Gasteiger partial charge in [-0.1, -0.05) is 0 Å². The first-order chi connectivity index (χ1) is 9.11. The van der Waals surface area contributed by atoms with Crippen molar-refractivity contribution in [3.8, 4) is 5.88 Å². The van der Waals surface area contributed by atoms with Gasteiger partial charge in [0.2, 0.25) is 5.88 Å². The second-order valence-corrected chi connectivity index (χ2v) is 5.13. The van der Waals surface area contributed by atoms with Crippen LogP contribution < -0.4 is 10.1 Å². The number of hydrogen-bond donors (Lipinski definition) is 2. The van der Waals surface area contributed by atoms with E-state index in [1.165, 1.54) is 12.8 Å². The Hall–Kier alpha value is -1.56. The monoisotopic (exact) mass is 266 g/mol. The maximum atomic E-state index is 12.0. The molecule has 1 heterocycles. The fraction of sp³-hybridized carbons (Fsp3) is 0.692. The van der Waals surface area contributed by atoms with Crippen LogP contribution in [0, 0.1) is 5.92 Å². The van der Waals surface area contributed by atoms with Gasteiger partial charge < -0.3 is 15.0 Å². The fourth-order valence-corrected chi connectivity index (χ4v) is 2.19. The van der Waals surface area contributed by atoms with E-state index in [1.54, 1.807) is 6.07 Å². The molecule has 1 atom stereocenters. The Labute approximate surface area is 113 Å². The minimum absolute atomic E-state index is 0.133. The summed E-state index contributed by atoms with van der Waals surface area (Å²) in [5.74, 6) is 1.04. The van der Waals surface area contributed by atoms with Crippen LogP contribution >= 0.6 is 0 Å². The predicted octanol–water partition coefficient (Wildman–Crippen LogP) is 0.878. The number of H-pyrrole nitrogens is 1. The number of carbonyl (C=O) groups is 1. The molecular formula is C13H22N4O2. The molecule has 2 rings (SSSR count). The Morgan fingerprint density at radius 3 is 2.95 bits per heavy atom. The molecule has 1 aromatic heterocycles. The topological polar surface area (TPSA) is 70.2 Å². The lowest BCUT2D eigenvalue weighted by Gasteiger charge is -2.24. The van der Waals surface area contributed by atoms with Gasteiger partial charge in [-0.25, -0.2) is 0 Å². The van der Waals surface area contributed by atoms with Crippen molar-refractivity contribution in [2.75, 3.05) is 27.2 Å². The number of rotatable bonds is 7. The highest BCUT2D eigenvalue weighted by Gasteiger charge is 2.32. The van der Waals surface area contributed by atoms with Crippen LogP contribution in [0.3, 0.4) is 0 Å². The third kappa shape index (κ3) is 3.70. The van der Waals surface area contributed by atoms with E-state index in [9.17, 15) is 4.79 Å². The molecule has 106 valence electrons. The van der Waals surface area contributed by atoms with Crippen LogP contribution in [0.2, 0.25) is 0 Å². The molecule has 0 spiro atoms. The number of likely N-dealkylation sites (N-methyl/N-ethyl adjacent to an activating group) is 1. The molecule has 1 fully saturated rings. The fourth-order valence-electron chi connectivity index (χ4n) is 2.19. The number of carbonyl (C=O) groups excluding carboxylic acids is 1. The molecule has 1 aliphatic carbocycles. The van der Waals surface area contributed by atoms with Gasteiger partial charge in [0.1, 0.15) is 5.69 Å². The zero-order valence-electron chi connectivity index (χ0n) is 11.8. The van der Waals surface area contributed by atoms with Crippen LogP contribution in [0.1, 0.15) is 30.3 Å². The van der Waals surface area contributed by atoms with Crippen LogP contribution in [0.5, 0.6) is 5.88 Å². The van der Waals surface area contributed by atoms with Gasteiger partial charge in [0.05, 0.1) is 6.61 Å². The van der Waals surface area contributed by atoms with E-state index in [0.717, 1.165) is 5.92 Å². The lowest BCUT2D eigenvalue weighted by atomic mass is 10.1. The van der Waals surface area contributed by atoms with Crippen molar-refractivity contribution >= 4 is 5.91 Å². The highest BCUT2D eigenvalue weighted by atomic mass is 16.5. The molecule has 1 unspecified atom stereocenters. The van der Waals surface area contributed by atoms with Gasteiger partial charge in [-0.3, -0.25) is 9.89 Å². The molecule has 1 aromatic rings. The van der Waals surface area contributed by atoms with Gasteiger partial charge in [0.15, 0.2) is 0 Å². The second kappa shape index (κ2) is 6.06. The number of nitrogens with one attached hydrogen (secondary N) is 2. The molecule has 6 nitrogen and oxygen atoms in total. The minimum atomic E-state index is -0.133. The summed E-state index contributed by atoms with van der Waals surface area (Å²) < 4.78 is 5.22. The third-order valence-electron chi connectivity index (χ3n) is 3.39. The average Bonchev–Trinajstić information content (AvgIpc) is 3.08. The zero-order chi connectivity index (χ0) is 13.8. The largest absolute Gasteiger partial charge is 0.477 e. The molecule has 0 bridgehead atoms. The van der Waals surface area contributed by atoms with Gasteiger partial charge >= 0.3 is 0 Å². The summed E-state index contributed by atoms with van der Waals surface area (Å²) in [5.41, 5.74) is 0.441. The van der Waals surface area contributed by atoms with Crippen LogP contribution in [0.15, 0.2) is 6.07 Å². The summed E-state index contributed by atoms with van der Waals surface area (Å²) in [4.78, 5) is 14.2. The summed E-state index contributed by atoms with van der Waals surface area (Å²) in [6, 6.07) is 2.04. The highest BCUT2D eigenvalue weighted by Crippen LogP contribution is 2.34. The quantitative estimate of drug-likeness (QED) is 0.768. The molecule has 1 aliphatic rings. The number of ether oxygens (including phenoxy) is 1. The van der Waals surface area contributed by atoms with E-state index >= 15 is 0 Å². The summed E-state index contributed by atoms with van der Waals surface area (Å²) in [6.45, 7) is 3.08. The maximum absolute atomic E-state index is 12.0. The molecular weight excluding hydrogens is 244 g/mol. The van der Waals surface area contributed by atoms with Gasteiger partial charge in [-0.2, -0.15) is 0 Å². The van der Waals surface area contributed by atoms with E-state index in [-0.39, 0.29) is 5.91 Å². The van der Waals surface area contributed by atoms with Gasteiger partial charge in [-0.05, 0) is 39.8 Å². The molecule has 6 heteroatoms. The van der Waals surface area contributed by atoms with E-state index < -0.39 is 0 Å². The van der Waals surface area contributed by atoms with Gasteiger partial charge in [-0.15, -0.1) is 5.10 Å². The van der Waals surface area contributed by atoms with Crippen molar-refractivity contribution in [1.82, 2.24) is 20.4 Å². The lowest BCUT2D eigenvalue weighted by Crippen LogP contribution is -2.41. The first-order valence-corrected chi connectivity index (χ1v) is 6.74. The van der Waals surface area contributed by atoms with Crippen LogP contribution in [-0.4, -0.2) is 54.3 Å². The number of aromatic nitrogens is 2. The number of aromatic amines is 1. The molecule has 0 aliphatic heterocycles. The zero-order valence-corrected chi connectivity index (χ0v) is 11.8. The van der Waals surface area contributed by atoms with Crippen molar-refractivity contribution in [1.29, 1.82) is 0 Å². The lowest BCUT2D eigenvalue weighted by molar-refractivity contribution is 0.0934. The number of amides is 1. The number of nitrogens with zero attached hydrogens (tertiary/aromatic N) is 2. The van der Waals surface area contributed by atoms with E-state index in [4.69, 9.17) is 4.74 Å². The first kappa shape index (κ1) is 13.9. The van der Waals surface area contributed by atoms with Gasteiger partial charge in [0, 0.05) is 18.7 Å². The SMILES string of the molecule is CCOc1cc(C(=O)NCC(C2CC2)N(C)C)[nH]n1. The van der Waals surface area contributed by atoms with Gasteiger partial charge in [0.25, 0.3) is 5.91 Å². The maximum Gasteiger partial charge on any atom is 0.269 e. The molecule has 0 saturated heterocycles. The van der Waals surface area contributed by atoms with Crippen molar-refractivity contribution in [3.05, 3.63) is 11.8 Å². The summed E-state index contributed by atoms with van der Waals surface area (Å²) >= 11 is 0. The molecule has 1 amide bonds. The normalized spacial score (nSPS) is 16.4. The summed E-state index contributed by atoms with van der Waals surface area (Å²) in [6.07, 6.45) is 2.52. The Morgan fingerprint density at radius 2 is 2.37 bits per heavy atom. The Bertz CT molecular complexity index is 424. The average molecular weight is 266 g/mol.